The Labute approximate surface area is 77.0 Å². The Morgan fingerprint density at radius 2 is 2.31 bits per heavy atom. The van der Waals surface area contributed by atoms with Crippen molar-refractivity contribution < 1.29 is 4.79 Å². The van der Waals surface area contributed by atoms with Crippen molar-refractivity contribution in [3.63, 3.8) is 0 Å². The summed E-state index contributed by atoms with van der Waals surface area (Å²) >= 11 is 1.08. The molecule has 7 heteroatoms. The number of carbonyl (C=O) groups excluding carboxylic acids is 1. The number of aldehydes is 1. The molecule has 1 aromatic rings. The highest BCUT2D eigenvalue weighted by atomic mass is 32.2. The molecule has 0 radical (unpaired) electrons. The van der Waals surface area contributed by atoms with Crippen LogP contribution in [0.1, 0.15) is 0 Å². The molecule has 0 bridgehead atoms. The van der Waals surface area contributed by atoms with E-state index in [0.717, 1.165) is 11.8 Å². The van der Waals surface area contributed by atoms with Gasteiger partial charge in [0.15, 0.2) is 5.16 Å². The number of thioether (sulfide) groups is 1. The Morgan fingerprint density at radius 1 is 1.62 bits per heavy atom. The van der Waals surface area contributed by atoms with Crippen molar-refractivity contribution in [1.29, 1.82) is 0 Å². The van der Waals surface area contributed by atoms with Gasteiger partial charge in [0.05, 0.1) is 5.75 Å². The van der Waals surface area contributed by atoms with Gasteiger partial charge in [0, 0.05) is 7.05 Å². The van der Waals surface area contributed by atoms with E-state index in [-0.39, 0.29) is 5.75 Å². The van der Waals surface area contributed by atoms with Crippen LogP contribution < -0.4 is 11.1 Å². The zero-order chi connectivity index (χ0) is 9.84. The van der Waals surface area contributed by atoms with Gasteiger partial charge >= 0.3 is 11.1 Å². The molecule has 0 saturated heterocycles. The van der Waals surface area contributed by atoms with Gasteiger partial charge in [0.2, 0.25) is 0 Å². The number of nitrogens with one attached hydrogen (secondary N) is 1. The van der Waals surface area contributed by atoms with E-state index < -0.39 is 11.1 Å². The second kappa shape index (κ2) is 4.04. The van der Waals surface area contributed by atoms with Gasteiger partial charge in [-0.15, -0.1) is 0 Å². The third-order valence-electron chi connectivity index (χ3n) is 1.23. The van der Waals surface area contributed by atoms with Crippen molar-refractivity contribution in [2.24, 2.45) is 7.05 Å². The van der Waals surface area contributed by atoms with Gasteiger partial charge in [-0.2, -0.15) is 4.98 Å². The fraction of sp³-hybridized carbons (Fsp3) is 0.333. The summed E-state index contributed by atoms with van der Waals surface area (Å²) in [6.07, 6.45) is 0.696. The van der Waals surface area contributed by atoms with Crippen molar-refractivity contribution in [1.82, 2.24) is 14.8 Å². The standard InChI is InChI=1S/C6H7N3O3S/c1-9-6(13-3-2-10)7-4(11)5(12)8-9/h2H,3H2,1H3,(H,8,12). The van der Waals surface area contributed by atoms with Gasteiger partial charge in [-0.1, -0.05) is 11.8 Å². The van der Waals surface area contributed by atoms with Gasteiger partial charge in [-0.3, -0.25) is 19.4 Å². The third-order valence-corrected chi connectivity index (χ3v) is 2.15. The lowest BCUT2D eigenvalue weighted by Crippen LogP contribution is -2.33. The first-order valence-corrected chi connectivity index (χ1v) is 4.37. The number of rotatable bonds is 3. The van der Waals surface area contributed by atoms with E-state index in [1.54, 1.807) is 7.05 Å². The summed E-state index contributed by atoms with van der Waals surface area (Å²) in [5, 5.41) is 2.58. The normalized spacial score (nSPS) is 9.92. The van der Waals surface area contributed by atoms with E-state index in [1.165, 1.54) is 4.68 Å². The largest absolute Gasteiger partial charge is 0.339 e. The van der Waals surface area contributed by atoms with Gasteiger partial charge in [-0.25, -0.2) is 0 Å². The molecule has 0 aliphatic carbocycles. The maximum Gasteiger partial charge on any atom is 0.339 e. The molecule has 1 heterocycles. The lowest BCUT2D eigenvalue weighted by molar-refractivity contribution is -0.105. The van der Waals surface area contributed by atoms with Gasteiger partial charge in [0.1, 0.15) is 6.29 Å². The molecular formula is C6H7N3O3S. The van der Waals surface area contributed by atoms with Gasteiger partial charge < -0.3 is 4.79 Å². The fourth-order valence-electron chi connectivity index (χ4n) is 0.698. The third kappa shape index (κ3) is 2.28. The molecule has 1 aromatic heterocycles. The number of hydrogen-bond acceptors (Lipinski definition) is 5. The summed E-state index contributed by atoms with van der Waals surface area (Å²) in [6, 6.07) is 0. The topological polar surface area (TPSA) is 84.8 Å². The molecule has 0 atom stereocenters. The van der Waals surface area contributed by atoms with Crippen molar-refractivity contribution in [3.8, 4) is 0 Å². The number of carbonyl (C=O) groups is 1. The van der Waals surface area contributed by atoms with Crippen LogP contribution in [0.5, 0.6) is 0 Å². The second-order valence-corrected chi connectivity index (χ2v) is 3.16. The summed E-state index contributed by atoms with van der Waals surface area (Å²) in [5.74, 6) is 0.201. The summed E-state index contributed by atoms with van der Waals surface area (Å²) < 4.78 is 1.30. The lowest BCUT2D eigenvalue weighted by Gasteiger charge is -2.02. The van der Waals surface area contributed by atoms with Crippen LogP contribution in [0.4, 0.5) is 0 Å². The predicted octanol–water partition coefficient (Wildman–Crippen LogP) is -1.24. The smallest absolute Gasteiger partial charge is 0.302 e. The van der Waals surface area contributed by atoms with Crippen molar-refractivity contribution in [2.75, 3.05) is 5.75 Å². The Balaban J connectivity index is 3.08. The molecule has 70 valence electrons. The average molecular weight is 201 g/mol. The molecule has 0 spiro atoms. The van der Waals surface area contributed by atoms with Crippen LogP contribution >= 0.6 is 11.8 Å². The maximum atomic E-state index is 10.8. The minimum absolute atomic E-state index is 0.201. The quantitative estimate of drug-likeness (QED) is 0.375. The van der Waals surface area contributed by atoms with Crippen LogP contribution in [0.15, 0.2) is 14.7 Å². The summed E-state index contributed by atoms with van der Waals surface area (Å²) in [7, 11) is 1.54. The maximum absolute atomic E-state index is 10.8. The molecule has 13 heavy (non-hydrogen) atoms. The second-order valence-electron chi connectivity index (χ2n) is 2.18. The zero-order valence-corrected chi connectivity index (χ0v) is 7.63. The molecule has 1 N–H and O–H groups in total. The van der Waals surface area contributed by atoms with E-state index in [9.17, 15) is 14.4 Å². The average Bonchev–Trinajstić information content (AvgIpc) is 2.09. The Hall–Kier alpha value is -1.37. The number of hydrogen-bond donors (Lipinski definition) is 1. The van der Waals surface area contributed by atoms with E-state index in [2.05, 4.69) is 10.1 Å². The number of aromatic nitrogens is 3. The number of aromatic amines is 1. The number of nitrogens with zero attached hydrogens (tertiary/aromatic N) is 2. The van der Waals surface area contributed by atoms with Crippen molar-refractivity contribution >= 4 is 18.0 Å². The van der Waals surface area contributed by atoms with Gasteiger partial charge in [0.25, 0.3) is 0 Å². The molecule has 0 saturated carbocycles. The molecule has 0 fully saturated rings. The summed E-state index contributed by atoms with van der Waals surface area (Å²) in [5.41, 5.74) is -1.61. The minimum Gasteiger partial charge on any atom is -0.302 e. The first-order valence-electron chi connectivity index (χ1n) is 3.39. The van der Waals surface area contributed by atoms with E-state index in [1.807, 2.05) is 0 Å². The van der Waals surface area contributed by atoms with Crippen LogP contribution in [0.25, 0.3) is 0 Å². The molecule has 0 unspecified atom stereocenters. The van der Waals surface area contributed by atoms with Crippen LogP contribution in [-0.2, 0) is 11.8 Å². The molecule has 6 nitrogen and oxygen atoms in total. The van der Waals surface area contributed by atoms with Crippen molar-refractivity contribution in [3.05, 3.63) is 20.7 Å². The summed E-state index contributed by atoms with van der Waals surface area (Å²) in [4.78, 5) is 35.0. The predicted molar refractivity (Wildman–Crippen MR) is 46.9 cm³/mol. The SMILES string of the molecule is Cn1[nH]c(=O)c(=O)nc1SCC=O. The summed E-state index contributed by atoms with van der Waals surface area (Å²) in [6.45, 7) is 0. The van der Waals surface area contributed by atoms with Crippen molar-refractivity contribution in [2.45, 2.75) is 5.16 Å². The molecule has 0 aromatic carbocycles. The highest BCUT2D eigenvalue weighted by Gasteiger charge is 2.02. The Morgan fingerprint density at radius 3 is 2.92 bits per heavy atom. The first-order chi connectivity index (χ1) is 6.15. The Bertz CT molecular complexity index is 422. The van der Waals surface area contributed by atoms with Crippen LogP contribution in [0.2, 0.25) is 0 Å². The highest BCUT2D eigenvalue weighted by molar-refractivity contribution is 7.99. The minimum atomic E-state index is -0.841. The Kier molecular flexibility index (Phi) is 3.02. The molecular weight excluding hydrogens is 194 g/mol. The molecule has 0 aliphatic heterocycles. The van der Waals surface area contributed by atoms with E-state index in [0.29, 0.717) is 11.4 Å². The zero-order valence-electron chi connectivity index (χ0n) is 6.81. The van der Waals surface area contributed by atoms with Crippen LogP contribution in [0.3, 0.4) is 0 Å². The first kappa shape index (κ1) is 9.72. The monoisotopic (exact) mass is 201 g/mol. The van der Waals surface area contributed by atoms with Crippen LogP contribution in [-0.4, -0.2) is 26.8 Å². The molecule has 0 aliphatic rings. The van der Waals surface area contributed by atoms with E-state index in [4.69, 9.17) is 0 Å². The lowest BCUT2D eigenvalue weighted by atomic mass is 10.8. The highest BCUT2D eigenvalue weighted by Crippen LogP contribution is 2.08. The van der Waals surface area contributed by atoms with Gasteiger partial charge in [-0.05, 0) is 0 Å². The van der Waals surface area contributed by atoms with Crippen LogP contribution in [0, 0.1) is 0 Å². The van der Waals surface area contributed by atoms with E-state index >= 15 is 0 Å². The molecule has 1 rings (SSSR count). The molecule has 0 amide bonds. The number of aryl methyl sites for hydroxylation is 1. The number of H-pyrrole nitrogens is 1. The fourth-order valence-corrected chi connectivity index (χ4v) is 1.30.